The number of benzene rings is 1. The molecular formula is C18H22N2O. The van der Waals surface area contributed by atoms with Gasteiger partial charge in [-0.1, -0.05) is 18.2 Å². The van der Waals surface area contributed by atoms with E-state index >= 15 is 0 Å². The molecule has 0 aliphatic rings. The molecule has 2 aromatic heterocycles. The van der Waals surface area contributed by atoms with Crippen molar-refractivity contribution in [2.45, 2.75) is 46.3 Å². The lowest BCUT2D eigenvalue weighted by Gasteiger charge is -2.18. The standard InChI is InChI=1S/C18H22N2O/c1-12-10-15-14-7-5-6-13(2)16(14)20(17(15)19-11-12)9-8-18(3,4)21/h5-7,10-11,21H,8-9H2,1-4H3. The zero-order chi connectivity index (χ0) is 15.2. The molecule has 0 spiro atoms. The van der Waals surface area contributed by atoms with Gasteiger partial charge in [0.25, 0.3) is 0 Å². The number of nitrogens with zero attached hydrogens (tertiary/aromatic N) is 2. The Bertz CT molecular complexity index is 809. The summed E-state index contributed by atoms with van der Waals surface area (Å²) < 4.78 is 2.25. The minimum Gasteiger partial charge on any atom is -0.390 e. The minimum atomic E-state index is -0.670. The fourth-order valence-corrected chi connectivity index (χ4v) is 2.92. The van der Waals surface area contributed by atoms with Gasteiger partial charge in [-0.15, -0.1) is 0 Å². The summed E-state index contributed by atoms with van der Waals surface area (Å²) in [6, 6.07) is 8.59. The SMILES string of the molecule is Cc1cnc2c(c1)c1cccc(C)c1n2CCC(C)(C)O. The molecule has 0 saturated heterocycles. The first-order valence-corrected chi connectivity index (χ1v) is 7.43. The van der Waals surface area contributed by atoms with Crippen LogP contribution in [0.4, 0.5) is 0 Å². The molecule has 2 heterocycles. The number of pyridine rings is 1. The van der Waals surface area contributed by atoms with Crippen LogP contribution in [0.5, 0.6) is 0 Å². The normalized spacial score (nSPS) is 12.4. The van der Waals surface area contributed by atoms with E-state index in [1.54, 1.807) is 0 Å². The molecule has 0 saturated carbocycles. The summed E-state index contributed by atoms with van der Waals surface area (Å²) in [6.45, 7) is 8.68. The molecule has 3 heteroatoms. The largest absolute Gasteiger partial charge is 0.390 e. The third-order valence-corrected chi connectivity index (χ3v) is 4.00. The Morgan fingerprint density at radius 1 is 1.19 bits per heavy atom. The van der Waals surface area contributed by atoms with Crippen LogP contribution in [-0.2, 0) is 6.54 Å². The van der Waals surface area contributed by atoms with E-state index in [0.717, 1.165) is 12.2 Å². The molecule has 1 aromatic carbocycles. The Balaban J connectivity index is 2.28. The van der Waals surface area contributed by atoms with Gasteiger partial charge in [0, 0.05) is 23.5 Å². The Kier molecular flexibility index (Phi) is 3.25. The molecule has 3 nitrogen and oxygen atoms in total. The number of hydrogen-bond donors (Lipinski definition) is 1. The van der Waals surface area contributed by atoms with Crippen molar-refractivity contribution >= 4 is 21.9 Å². The van der Waals surface area contributed by atoms with Crippen molar-refractivity contribution in [1.29, 1.82) is 0 Å². The number of fused-ring (bicyclic) bond motifs is 3. The number of hydrogen-bond acceptors (Lipinski definition) is 2. The predicted molar refractivity (Wildman–Crippen MR) is 87.6 cm³/mol. The maximum absolute atomic E-state index is 10.0. The topological polar surface area (TPSA) is 38.0 Å². The molecule has 110 valence electrons. The molecule has 0 unspecified atom stereocenters. The molecule has 0 aliphatic carbocycles. The van der Waals surface area contributed by atoms with E-state index in [1.165, 1.54) is 27.4 Å². The second-order valence-electron chi connectivity index (χ2n) is 6.57. The van der Waals surface area contributed by atoms with E-state index in [0.29, 0.717) is 6.42 Å². The van der Waals surface area contributed by atoms with E-state index in [-0.39, 0.29) is 0 Å². The van der Waals surface area contributed by atoms with Crippen molar-refractivity contribution in [1.82, 2.24) is 9.55 Å². The first kappa shape index (κ1) is 14.1. The number of aryl methyl sites for hydroxylation is 3. The maximum atomic E-state index is 10.0. The molecule has 0 fully saturated rings. The van der Waals surface area contributed by atoms with Crippen molar-refractivity contribution < 1.29 is 5.11 Å². The van der Waals surface area contributed by atoms with Gasteiger partial charge in [-0.25, -0.2) is 4.98 Å². The van der Waals surface area contributed by atoms with Crippen LogP contribution in [0.3, 0.4) is 0 Å². The van der Waals surface area contributed by atoms with Crippen LogP contribution < -0.4 is 0 Å². The number of aliphatic hydroxyl groups is 1. The monoisotopic (exact) mass is 282 g/mol. The van der Waals surface area contributed by atoms with Gasteiger partial charge in [-0.2, -0.15) is 0 Å². The molecule has 0 amide bonds. The number of rotatable bonds is 3. The van der Waals surface area contributed by atoms with Crippen molar-refractivity contribution in [2.75, 3.05) is 0 Å². The minimum absolute atomic E-state index is 0.670. The highest BCUT2D eigenvalue weighted by Gasteiger charge is 2.17. The van der Waals surface area contributed by atoms with Gasteiger partial charge < -0.3 is 9.67 Å². The third kappa shape index (κ3) is 2.54. The van der Waals surface area contributed by atoms with Gasteiger partial charge in [0.05, 0.1) is 11.1 Å². The van der Waals surface area contributed by atoms with Crippen LogP contribution in [0.25, 0.3) is 21.9 Å². The zero-order valence-corrected chi connectivity index (χ0v) is 13.1. The summed E-state index contributed by atoms with van der Waals surface area (Å²) >= 11 is 0. The highest BCUT2D eigenvalue weighted by atomic mass is 16.3. The van der Waals surface area contributed by atoms with Crippen molar-refractivity contribution in [3.05, 3.63) is 41.6 Å². The van der Waals surface area contributed by atoms with Gasteiger partial charge in [-0.3, -0.25) is 0 Å². The van der Waals surface area contributed by atoms with Gasteiger partial charge in [0.2, 0.25) is 0 Å². The summed E-state index contributed by atoms with van der Waals surface area (Å²) in [6.07, 6.45) is 2.62. The summed E-state index contributed by atoms with van der Waals surface area (Å²) in [4.78, 5) is 4.64. The van der Waals surface area contributed by atoms with Crippen LogP contribution in [0.1, 0.15) is 31.4 Å². The maximum Gasteiger partial charge on any atom is 0.140 e. The first-order valence-electron chi connectivity index (χ1n) is 7.43. The van der Waals surface area contributed by atoms with E-state index in [1.807, 2.05) is 20.0 Å². The van der Waals surface area contributed by atoms with Crippen molar-refractivity contribution in [2.24, 2.45) is 0 Å². The fraction of sp³-hybridized carbons (Fsp3) is 0.389. The van der Waals surface area contributed by atoms with E-state index < -0.39 is 5.60 Å². The third-order valence-electron chi connectivity index (χ3n) is 4.00. The van der Waals surface area contributed by atoms with Crippen LogP contribution >= 0.6 is 0 Å². The quantitative estimate of drug-likeness (QED) is 0.789. The van der Waals surface area contributed by atoms with E-state index in [9.17, 15) is 5.11 Å². The average molecular weight is 282 g/mol. The highest BCUT2D eigenvalue weighted by molar-refractivity contribution is 6.07. The van der Waals surface area contributed by atoms with Gasteiger partial charge >= 0.3 is 0 Å². The lowest BCUT2D eigenvalue weighted by atomic mass is 10.1. The molecule has 0 bridgehead atoms. The van der Waals surface area contributed by atoms with Gasteiger partial charge in [0.15, 0.2) is 0 Å². The van der Waals surface area contributed by atoms with Gasteiger partial charge in [-0.05, 0) is 51.3 Å². The molecule has 0 radical (unpaired) electrons. The van der Waals surface area contributed by atoms with Crippen molar-refractivity contribution in [3.8, 4) is 0 Å². The van der Waals surface area contributed by atoms with Crippen LogP contribution in [0.15, 0.2) is 30.5 Å². The molecule has 3 rings (SSSR count). The molecule has 1 N–H and O–H groups in total. The second-order valence-corrected chi connectivity index (χ2v) is 6.57. The lowest BCUT2D eigenvalue weighted by molar-refractivity contribution is 0.0669. The Morgan fingerprint density at radius 3 is 2.67 bits per heavy atom. The van der Waals surface area contributed by atoms with Crippen LogP contribution in [0, 0.1) is 13.8 Å². The number of aromatic nitrogens is 2. The predicted octanol–water partition coefficient (Wildman–Crippen LogP) is 3.97. The fourth-order valence-electron chi connectivity index (χ4n) is 2.92. The van der Waals surface area contributed by atoms with E-state index in [2.05, 4.69) is 47.7 Å². The smallest absolute Gasteiger partial charge is 0.140 e. The molecule has 0 aliphatic heterocycles. The molecule has 3 aromatic rings. The van der Waals surface area contributed by atoms with Gasteiger partial charge in [0.1, 0.15) is 5.65 Å². The number of para-hydroxylation sites is 1. The zero-order valence-electron chi connectivity index (χ0n) is 13.1. The summed E-state index contributed by atoms with van der Waals surface area (Å²) in [5.74, 6) is 0. The molecular weight excluding hydrogens is 260 g/mol. The van der Waals surface area contributed by atoms with Crippen LogP contribution in [0.2, 0.25) is 0 Å². The Hall–Kier alpha value is -1.87. The summed E-state index contributed by atoms with van der Waals surface area (Å²) in [5, 5.41) is 12.5. The Morgan fingerprint density at radius 2 is 1.95 bits per heavy atom. The lowest BCUT2D eigenvalue weighted by Crippen LogP contribution is -2.21. The average Bonchev–Trinajstić information content (AvgIpc) is 2.70. The Labute approximate surface area is 125 Å². The van der Waals surface area contributed by atoms with Crippen molar-refractivity contribution in [3.63, 3.8) is 0 Å². The summed E-state index contributed by atoms with van der Waals surface area (Å²) in [7, 11) is 0. The van der Waals surface area contributed by atoms with E-state index in [4.69, 9.17) is 0 Å². The summed E-state index contributed by atoms with van der Waals surface area (Å²) in [5.41, 5.74) is 3.99. The van der Waals surface area contributed by atoms with Crippen LogP contribution in [-0.4, -0.2) is 20.3 Å². The molecule has 0 atom stereocenters. The second kappa shape index (κ2) is 4.85. The molecule has 21 heavy (non-hydrogen) atoms. The highest BCUT2D eigenvalue weighted by Crippen LogP contribution is 2.31. The first-order chi connectivity index (χ1) is 9.87.